The lowest BCUT2D eigenvalue weighted by atomic mass is 10.4. The molecule has 0 unspecified atom stereocenters. The molecule has 0 spiro atoms. The van der Waals surface area contributed by atoms with Crippen LogP contribution in [0, 0.1) is 6.92 Å². The summed E-state index contributed by atoms with van der Waals surface area (Å²) in [4.78, 5) is 23.4. The van der Waals surface area contributed by atoms with Gasteiger partial charge in [0.25, 0.3) is 0 Å². The second-order valence-corrected chi connectivity index (χ2v) is 3.17. The van der Waals surface area contributed by atoms with Gasteiger partial charge < -0.3 is 14.1 Å². The molecule has 0 aliphatic rings. The molecule has 0 aliphatic carbocycles. The Labute approximate surface area is 87.6 Å². The van der Waals surface area contributed by atoms with Crippen LogP contribution < -0.4 is 0 Å². The van der Waals surface area contributed by atoms with E-state index in [9.17, 15) is 9.59 Å². The van der Waals surface area contributed by atoms with E-state index in [1.807, 2.05) is 6.92 Å². The van der Waals surface area contributed by atoms with E-state index in [0.29, 0.717) is 5.76 Å². The van der Waals surface area contributed by atoms with Crippen molar-refractivity contribution in [1.29, 1.82) is 0 Å². The number of rotatable bonds is 2. The maximum atomic E-state index is 11.3. The number of likely N-dealkylation sites (N-methyl/N-ethyl adjacent to an activating group) is 1. The first-order chi connectivity index (χ1) is 7.04. The second-order valence-electron chi connectivity index (χ2n) is 3.17. The first kappa shape index (κ1) is 11.3. The van der Waals surface area contributed by atoms with Crippen LogP contribution >= 0.6 is 0 Å². The first-order valence-electron chi connectivity index (χ1n) is 4.43. The molecule has 1 amide bonds. The molecular weight excluding hydrogens is 198 g/mol. The highest BCUT2D eigenvalue weighted by Gasteiger charge is 2.19. The van der Waals surface area contributed by atoms with Crippen LogP contribution in [0.2, 0.25) is 0 Å². The van der Waals surface area contributed by atoms with E-state index >= 15 is 0 Å². The Balaban J connectivity index is 2.59. The summed E-state index contributed by atoms with van der Waals surface area (Å²) in [6, 6.07) is 3.56. The van der Waals surface area contributed by atoms with Gasteiger partial charge in [-0.25, -0.2) is 4.79 Å². The van der Waals surface area contributed by atoms with Gasteiger partial charge in [-0.05, 0) is 19.1 Å². The van der Waals surface area contributed by atoms with Crippen LogP contribution in [0.3, 0.4) is 0 Å². The van der Waals surface area contributed by atoms with E-state index in [0.717, 1.165) is 5.76 Å². The molecule has 0 bridgehead atoms. The fourth-order valence-electron chi connectivity index (χ4n) is 1.12. The molecule has 15 heavy (non-hydrogen) atoms. The largest absolute Gasteiger partial charge is 0.464 e. The third-order valence-electron chi connectivity index (χ3n) is 1.90. The molecule has 0 aromatic carbocycles. The number of carbonyl (C=O) groups is 2. The van der Waals surface area contributed by atoms with Gasteiger partial charge in [-0.1, -0.05) is 0 Å². The highest BCUT2D eigenvalue weighted by molar-refractivity contribution is 6.32. The van der Waals surface area contributed by atoms with Crippen LogP contribution in [-0.4, -0.2) is 30.9 Å². The monoisotopic (exact) mass is 211 g/mol. The normalized spacial score (nSPS) is 9.80. The van der Waals surface area contributed by atoms with Crippen LogP contribution in [0.4, 0.5) is 0 Å². The van der Waals surface area contributed by atoms with Gasteiger partial charge in [0.1, 0.15) is 11.5 Å². The Hall–Kier alpha value is -1.78. The summed E-state index contributed by atoms with van der Waals surface area (Å²) in [5.74, 6) is -0.163. The Morgan fingerprint density at radius 3 is 2.60 bits per heavy atom. The van der Waals surface area contributed by atoms with Crippen molar-refractivity contribution in [2.45, 2.75) is 13.5 Å². The zero-order valence-corrected chi connectivity index (χ0v) is 8.94. The number of furan rings is 1. The standard InChI is InChI=1S/C10H13NO4/c1-7-4-5-8(15-7)6-11(2)9(12)10(13)14-3/h4-5H,6H2,1-3H3. The minimum Gasteiger partial charge on any atom is -0.464 e. The highest BCUT2D eigenvalue weighted by Crippen LogP contribution is 2.08. The molecule has 5 nitrogen and oxygen atoms in total. The molecule has 5 heteroatoms. The molecular formula is C10H13NO4. The molecule has 0 saturated carbocycles. The summed E-state index contributed by atoms with van der Waals surface area (Å²) in [7, 11) is 2.68. The van der Waals surface area contributed by atoms with E-state index in [-0.39, 0.29) is 6.54 Å². The maximum absolute atomic E-state index is 11.3. The Morgan fingerprint density at radius 1 is 1.47 bits per heavy atom. The van der Waals surface area contributed by atoms with Gasteiger partial charge in [0.05, 0.1) is 13.7 Å². The predicted octanol–water partition coefficient (Wildman–Crippen LogP) is 0.719. The molecule has 1 rings (SSSR count). The average Bonchev–Trinajstić information content (AvgIpc) is 2.61. The molecule has 1 aromatic heterocycles. The zero-order valence-electron chi connectivity index (χ0n) is 8.94. The van der Waals surface area contributed by atoms with Crippen molar-refractivity contribution in [2.24, 2.45) is 0 Å². The third kappa shape index (κ3) is 2.83. The molecule has 0 aliphatic heterocycles. The summed E-state index contributed by atoms with van der Waals surface area (Å²) >= 11 is 0. The quantitative estimate of drug-likeness (QED) is 0.534. The van der Waals surface area contributed by atoms with Crippen molar-refractivity contribution in [2.75, 3.05) is 14.2 Å². The molecule has 0 saturated heterocycles. The Bertz CT molecular complexity index is 369. The van der Waals surface area contributed by atoms with Crippen molar-refractivity contribution >= 4 is 11.9 Å². The lowest BCUT2D eigenvalue weighted by Crippen LogP contribution is -2.33. The molecule has 1 aromatic rings. The maximum Gasteiger partial charge on any atom is 0.396 e. The fourth-order valence-corrected chi connectivity index (χ4v) is 1.12. The third-order valence-corrected chi connectivity index (χ3v) is 1.90. The molecule has 0 fully saturated rings. The number of hydrogen-bond donors (Lipinski definition) is 0. The Morgan fingerprint density at radius 2 is 2.13 bits per heavy atom. The summed E-state index contributed by atoms with van der Waals surface area (Å²) in [5, 5.41) is 0. The SMILES string of the molecule is COC(=O)C(=O)N(C)Cc1ccc(C)o1. The Kier molecular flexibility index (Phi) is 3.49. The van der Waals surface area contributed by atoms with Crippen LogP contribution in [0.15, 0.2) is 16.5 Å². The van der Waals surface area contributed by atoms with Crippen LogP contribution in [-0.2, 0) is 20.9 Å². The summed E-state index contributed by atoms with van der Waals surface area (Å²) in [6.07, 6.45) is 0. The van der Waals surface area contributed by atoms with Crippen molar-refractivity contribution in [3.63, 3.8) is 0 Å². The van der Waals surface area contributed by atoms with Crippen LogP contribution in [0.5, 0.6) is 0 Å². The summed E-state index contributed by atoms with van der Waals surface area (Å²) in [5.41, 5.74) is 0. The number of aryl methyl sites for hydroxylation is 1. The average molecular weight is 211 g/mol. The van der Waals surface area contributed by atoms with E-state index in [2.05, 4.69) is 4.74 Å². The molecule has 82 valence electrons. The number of hydrogen-bond acceptors (Lipinski definition) is 4. The lowest BCUT2D eigenvalue weighted by molar-refractivity contribution is -0.157. The van der Waals surface area contributed by atoms with Gasteiger partial charge in [-0.15, -0.1) is 0 Å². The van der Waals surface area contributed by atoms with Gasteiger partial charge >= 0.3 is 11.9 Å². The van der Waals surface area contributed by atoms with Gasteiger partial charge in [-0.2, -0.15) is 0 Å². The molecule has 0 N–H and O–H groups in total. The zero-order chi connectivity index (χ0) is 11.4. The number of carbonyl (C=O) groups excluding carboxylic acids is 2. The van der Waals surface area contributed by atoms with Gasteiger partial charge in [0, 0.05) is 7.05 Å². The van der Waals surface area contributed by atoms with E-state index in [1.165, 1.54) is 19.1 Å². The predicted molar refractivity (Wildman–Crippen MR) is 51.9 cm³/mol. The van der Waals surface area contributed by atoms with Crippen molar-refractivity contribution < 1.29 is 18.7 Å². The number of esters is 1. The second kappa shape index (κ2) is 4.63. The van der Waals surface area contributed by atoms with Crippen molar-refractivity contribution in [3.05, 3.63) is 23.7 Å². The van der Waals surface area contributed by atoms with Gasteiger partial charge in [-0.3, -0.25) is 4.79 Å². The van der Waals surface area contributed by atoms with E-state index < -0.39 is 11.9 Å². The van der Waals surface area contributed by atoms with Crippen molar-refractivity contribution in [1.82, 2.24) is 4.90 Å². The van der Waals surface area contributed by atoms with Crippen LogP contribution in [0.1, 0.15) is 11.5 Å². The molecule has 0 atom stereocenters. The topological polar surface area (TPSA) is 59.8 Å². The fraction of sp³-hybridized carbons (Fsp3) is 0.400. The van der Waals surface area contributed by atoms with Gasteiger partial charge in [0.2, 0.25) is 0 Å². The smallest absolute Gasteiger partial charge is 0.396 e. The summed E-state index contributed by atoms with van der Waals surface area (Å²) in [6.45, 7) is 2.06. The summed E-state index contributed by atoms with van der Waals surface area (Å²) < 4.78 is 9.59. The minimum atomic E-state index is -0.874. The first-order valence-corrected chi connectivity index (χ1v) is 4.43. The highest BCUT2D eigenvalue weighted by atomic mass is 16.5. The molecule has 0 radical (unpaired) electrons. The number of nitrogens with zero attached hydrogens (tertiary/aromatic N) is 1. The van der Waals surface area contributed by atoms with Crippen molar-refractivity contribution in [3.8, 4) is 0 Å². The number of ether oxygens (including phenoxy) is 1. The number of amides is 1. The number of methoxy groups -OCH3 is 1. The minimum absolute atomic E-state index is 0.252. The van der Waals surface area contributed by atoms with Crippen LogP contribution in [0.25, 0.3) is 0 Å². The van der Waals surface area contributed by atoms with E-state index in [1.54, 1.807) is 12.1 Å². The lowest BCUT2D eigenvalue weighted by Gasteiger charge is -2.13. The van der Waals surface area contributed by atoms with E-state index in [4.69, 9.17) is 4.42 Å². The van der Waals surface area contributed by atoms with Gasteiger partial charge in [0.15, 0.2) is 0 Å². The molecule has 1 heterocycles.